The van der Waals surface area contributed by atoms with Crippen LogP contribution in [-0.2, 0) is 42.9 Å². The molecule has 2 aliphatic rings. The average molecular weight is 552 g/mol. The van der Waals surface area contributed by atoms with E-state index in [2.05, 4.69) is 10.2 Å². The van der Waals surface area contributed by atoms with Crippen LogP contribution in [0.5, 0.6) is 0 Å². The standard InChI is InChI=1S/C25H33N3O9S/c1-15(29)33-14-20-21(34-16(2)30)22(35-17(3)31)23(36-18(4)32)24(37-20)26-25(38)28-12-10-27(11-13-28)19-8-6-5-7-9-19/h5-9,20-24H,10-14H2,1-4H3,(H,26,38)/t20-,21-,22-,23-,24+/m0/s1. The van der Waals surface area contributed by atoms with Crippen LogP contribution in [0.1, 0.15) is 27.7 Å². The molecule has 2 heterocycles. The van der Waals surface area contributed by atoms with E-state index < -0.39 is 54.5 Å². The van der Waals surface area contributed by atoms with E-state index in [1.807, 2.05) is 35.2 Å². The van der Waals surface area contributed by atoms with Crippen molar-refractivity contribution in [2.24, 2.45) is 0 Å². The number of anilines is 1. The molecule has 13 heteroatoms. The molecule has 0 amide bonds. The molecule has 1 N–H and O–H groups in total. The minimum Gasteiger partial charge on any atom is -0.463 e. The summed E-state index contributed by atoms with van der Waals surface area (Å²) in [5.41, 5.74) is 1.12. The first-order chi connectivity index (χ1) is 18.0. The first kappa shape index (κ1) is 29.1. The minimum atomic E-state index is -1.26. The van der Waals surface area contributed by atoms with E-state index in [4.69, 9.17) is 35.9 Å². The highest BCUT2D eigenvalue weighted by atomic mass is 32.1. The average Bonchev–Trinajstić information content (AvgIpc) is 2.86. The molecule has 12 nitrogen and oxygen atoms in total. The van der Waals surface area contributed by atoms with Crippen LogP contribution in [0.2, 0.25) is 0 Å². The van der Waals surface area contributed by atoms with Crippen molar-refractivity contribution in [1.29, 1.82) is 0 Å². The fourth-order valence-corrected chi connectivity index (χ4v) is 4.66. The minimum absolute atomic E-state index is 0.307. The monoisotopic (exact) mass is 551 g/mol. The molecule has 0 aromatic heterocycles. The normalized spacial score (nSPS) is 25.1. The smallest absolute Gasteiger partial charge is 0.303 e. The van der Waals surface area contributed by atoms with E-state index >= 15 is 0 Å². The SMILES string of the molecule is CC(=O)OC[C@@H]1O[C@@H](NC(=S)N2CCN(c3ccccc3)CC2)[C@@H](OC(C)=O)[C@@H](OC(C)=O)[C@H]1OC(C)=O. The van der Waals surface area contributed by atoms with Crippen LogP contribution in [-0.4, -0.2) is 97.3 Å². The summed E-state index contributed by atoms with van der Waals surface area (Å²) in [5, 5.41) is 3.39. The van der Waals surface area contributed by atoms with Gasteiger partial charge in [-0.05, 0) is 24.4 Å². The van der Waals surface area contributed by atoms with Gasteiger partial charge in [-0.3, -0.25) is 19.2 Å². The second-order valence-corrected chi connectivity index (χ2v) is 9.27. The quantitative estimate of drug-likeness (QED) is 0.291. The number of esters is 4. The van der Waals surface area contributed by atoms with Crippen molar-refractivity contribution >= 4 is 46.9 Å². The third kappa shape index (κ3) is 8.02. The maximum atomic E-state index is 12.0. The molecule has 38 heavy (non-hydrogen) atoms. The number of rotatable bonds is 7. The van der Waals surface area contributed by atoms with Gasteiger partial charge in [0.15, 0.2) is 29.7 Å². The van der Waals surface area contributed by atoms with Gasteiger partial charge in [-0.2, -0.15) is 0 Å². The lowest BCUT2D eigenvalue weighted by Gasteiger charge is -2.45. The molecule has 2 saturated heterocycles. The Morgan fingerprint density at radius 1 is 0.842 bits per heavy atom. The summed E-state index contributed by atoms with van der Waals surface area (Å²) in [5.74, 6) is -2.65. The zero-order valence-corrected chi connectivity index (χ0v) is 22.6. The lowest BCUT2D eigenvalue weighted by Crippen LogP contribution is -2.67. The Kier molecular flexibility index (Phi) is 10.2. The Morgan fingerprint density at radius 2 is 1.39 bits per heavy atom. The molecule has 5 atom stereocenters. The summed E-state index contributed by atoms with van der Waals surface area (Å²) >= 11 is 5.64. The predicted molar refractivity (Wildman–Crippen MR) is 138 cm³/mol. The van der Waals surface area contributed by atoms with E-state index in [9.17, 15) is 19.2 Å². The van der Waals surface area contributed by atoms with Gasteiger partial charge in [0.25, 0.3) is 0 Å². The molecule has 0 unspecified atom stereocenters. The molecule has 0 saturated carbocycles. The number of nitrogens with zero attached hydrogens (tertiary/aromatic N) is 2. The van der Waals surface area contributed by atoms with Crippen molar-refractivity contribution < 1.29 is 42.9 Å². The van der Waals surface area contributed by atoms with Crippen molar-refractivity contribution in [3.8, 4) is 0 Å². The van der Waals surface area contributed by atoms with Crippen molar-refractivity contribution in [2.75, 3.05) is 37.7 Å². The Labute approximate surface area is 226 Å². The highest BCUT2D eigenvalue weighted by Crippen LogP contribution is 2.28. The summed E-state index contributed by atoms with van der Waals surface area (Å²) < 4.78 is 27.5. The summed E-state index contributed by atoms with van der Waals surface area (Å²) in [6.45, 7) is 7.13. The molecule has 0 spiro atoms. The van der Waals surface area contributed by atoms with Crippen LogP contribution in [0.3, 0.4) is 0 Å². The van der Waals surface area contributed by atoms with Gasteiger partial charge in [0.05, 0.1) is 0 Å². The molecule has 2 aliphatic heterocycles. The molecule has 0 radical (unpaired) electrons. The van der Waals surface area contributed by atoms with E-state index in [0.29, 0.717) is 18.2 Å². The van der Waals surface area contributed by atoms with Gasteiger partial charge in [-0.25, -0.2) is 0 Å². The zero-order chi connectivity index (χ0) is 27.8. The third-order valence-corrected chi connectivity index (χ3v) is 6.32. The lowest BCUT2D eigenvalue weighted by molar-refractivity contribution is -0.255. The summed E-state index contributed by atoms with van der Waals surface area (Å²) in [7, 11) is 0. The van der Waals surface area contributed by atoms with Crippen LogP contribution in [0, 0.1) is 0 Å². The Hall–Kier alpha value is -3.45. The number of ether oxygens (including phenoxy) is 5. The maximum Gasteiger partial charge on any atom is 0.303 e. The molecule has 208 valence electrons. The number of thiocarbonyl (C=S) groups is 1. The third-order valence-electron chi connectivity index (χ3n) is 5.94. The molecular weight excluding hydrogens is 518 g/mol. The number of nitrogens with one attached hydrogen (secondary N) is 1. The van der Waals surface area contributed by atoms with Gasteiger partial charge in [-0.1, -0.05) is 18.2 Å². The Bertz CT molecular complexity index is 1020. The molecular formula is C25H33N3O9S. The van der Waals surface area contributed by atoms with Gasteiger partial charge < -0.3 is 38.8 Å². The highest BCUT2D eigenvalue weighted by molar-refractivity contribution is 7.80. The maximum absolute atomic E-state index is 12.0. The molecule has 1 aromatic carbocycles. The van der Waals surface area contributed by atoms with Crippen LogP contribution in [0.4, 0.5) is 5.69 Å². The lowest BCUT2D eigenvalue weighted by atomic mass is 9.97. The summed E-state index contributed by atoms with van der Waals surface area (Å²) in [6, 6.07) is 10.0. The fraction of sp³-hybridized carbons (Fsp3) is 0.560. The predicted octanol–water partition coefficient (Wildman–Crippen LogP) is 0.766. The summed E-state index contributed by atoms with van der Waals surface area (Å²) in [4.78, 5) is 51.5. The topological polar surface area (TPSA) is 133 Å². The molecule has 3 rings (SSSR count). The fourth-order valence-electron chi connectivity index (χ4n) is 4.36. The van der Waals surface area contributed by atoms with E-state index in [-0.39, 0.29) is 6.61 Å². The van der Waals surface area contributed by atoms with Gasteiger partial charge in [0.2, 0.25) is 0 Å². The van der Waals surface area contributed by atoms with Gasteiger partial charge in [-0.15, -0.1) is 0 Å². The number of carbonyl (C=O) groups is 4. The number of hydrogen-bond acceptors (Lipinski definition) is 11. The first-order valence-corrected chi connectivity index (χ1v) is 12.6. The number of hydrogen-bond donors (Lipinski definition) is 1. The number of benzene rings is 1. The Morgan fingerprint density at radius 3 is 1.95 bits per heavy atom. The zero-order valence-electron chi connectivity index (χ0n) is 21.8. The highest BCUT2D eigenvalue weighted by Gasteiger charge is 2.52. The van der Waals surface area contributed by atoms with Crippen molar-refractivity contribution in [3.63, 3.8) is 0 Å². The molecule has 0 aliphatic carbocycles. The Balaban J connectivity index is 1.79. The van der Waals surface area contributed by atoms with Crippen LogP contribution in [0.25, 0.3) is 0 Å². The van der Waals surface area contributed by atoms with Crippen molar-refractivity contribution in [1.82, 2.24) is 10.2 Å². The van der Waals surface area contributed by atoms with E-state index in [1.54, 1.807) is 0 Å². The van der Waals surface area contributed by atoms with Crippen molar-refractivity contribution in [2.45, 2.75) is 58.3 Å². The number of piperazine rings is 1. The van der Waals surface area contributed by atoms with Gasteiger partial charge >= 0.3 is 23.9 Å². The summed E-state index contributed by atoms with van der Waals surface area (Å²) in [6.07, 6.45) is -5.85. The van der Waals surface area contributed by atoms with Crippen LogP contribution < -0.4 is 10.2 Å². The van der Waals surface area contributed by atoms with Crippen molar-refractivity contribution in [3.05, 3.63) is 30.3 Å². The number of para-hydroxylation sites is 1. The van der Waals surface area contributed by atoms with Gasteiger partial charge in [0, 0.05) is 59.6 Å². The second-order valence-electron chi connectivity index (χ2n) is 8.88. The van der Waals surface area contributed by atoms with E-state index in [0.717, 1.165) is 18.8 Å². The van der Waals surface area contributed by atoms with E-state index in [1.165, 1.54) is 27.7 Å². The molecule has 1 aromatic rings. The molecule has 2 fully saturated rings. The first-order valence-electron chi connectivity index (χ1n) is 12.2. The van der Waals surface area contributed by atoms with Gasteiger partial charge in [0.1, 0.15) is 12.7 Å². The largest absolute Gasteiger partial charge is 0.463 e. The molecule has 0 bridgehead atoms. The van der Waals surface area contributed by atoms with Crippen LogP contribution in [0.15, 0.2) is 30.3 Å². The second kappa shape index (κ2) is 13.4. The number of carbonyl (C=O) groups excluding carboxylic acids is 4. The van der Waals surface area contributed by atoms with Crippen LogP contribution >= 0.6 is 12.2 Å².